The molecule has 0 aliphatic carbocycles. The van der Waals surface area contributed by atoms with Crippen LogP contribution in [0, 0.1) is 0 Å². The number of carbonyl (C=O) groups excluding carboxylic acids is 1. The van der Waals surface area contributed by atoms with Crippen LogP contribution in [0.3, 0.4) is 0 Å². The van der Waals surface area contributed by atoms with E-state index < -0.39 is 10.2 Å². The van der Waals surface area contributed by atoms with Crippen molar-refractivity contribution >= 4 is 38.4 Å². The van der Waals surface area contributed by atoms with E-state index >= 15 is 0 Å². The number of likely N-dealkylation sites (N-methyl/N-ethyl adjacent to an activating group) is 1. The van der Waals surface area contributed by atoms with Gasteiger partial charge in [-0.05, 0) is 23.8 Å². The highest BCUT2D eigenvalue weighted by Crippen LogP contribution is 2.39. The third-order valence-corrected chi connectivity index (χ3v) is 6.41. The fraction of sp³-hybridized carbons (Fsp3) is 0.250. The van der Waals surface area contributed by atoms with E-state index in [1.807, 2.05) is 18.2 Å². The van der Waals surface area contributed by atoms with Crippen molar-refractivity contribution in [3.05, 3.63) is 36.7 Å². The number of anilines is 2. The van der Waals surface area contributed by atoms with Crippen LogP contribution in [0.15, 0.2) is 36.7 Å². The number of ether oxygens (including phenoxy) is 2. The van der Waals surface area contributed by atoms with Gasteiger partial charge >= 0.3 is 10.2 Å². The highest BCUT2D eigenvalue weighted by Gasteiger charge is 2.25. The molecule has 11 heteroatoms. The minimum atomic E-state index is -3.75. The SMILES string of the molecule is COc1ncc(-c2ccc3ncc4c(c3c2)OCC(=O)N4C)cc1NS(=O)(=O)N(C)C. The molecule has 0 saturated carbocycles. The summed E-state index contributed by atoms with van der Waals surface area (Å²) in [6, 6.07) is 7.21. The summed E-state index contributed by atoms with van der Waals surface area (Å²) in [4.78, 5) is 22.1. The zero-order valence-electron chi connectivity index (χ0n) is 17.4. The Morgan fingerprint density at radius 2 is 1.94 bits per heavy atom. The number of pyridine rings is 2. The third kappa shape index (κ3) is 3.73. The second-order valence-corrected chi connectivity index (χ2v) is 9.00. The van der Waals surface area contributed by atoms with Gasteiger partial charge in [-0.1, -0.05) is 6.07 Å². The summed E-state index contributed by atoms with van der Waals surface area (Å²) in [5.41, 5.74) is 2.94. The van der Waals surface area contributed by atoms with Crippen LogP contribution < -0.4 is 19.1 Å². The number of amides is 1. The Balaban J connectivity index is 1.82. The Kier molecular flexibility index (Phi) is 5.15. The number of benzene rings is 1. The normalized spacial score (nSPS) is 13.8. The van der Waals surface area contributed by atoms with Crippen molar-refractivity contribution in [2.75, 3.05) is 44.5 Å². The summed E-state index contributed by atoms with van der Waals surface area (Å²) in [5, 5.41) is 0.737. The van der Waals surface area contributed by atoms with Gasteiger partial charge in [0.1, 0.15) is 11.4 Å². The number of hydrogen-bond donors (Lipinski definition) is 1. The third-order valence-electron chi connectivity index (χ3n) is 4.97. The Hall–Kier alpha value is -3.44. The summed E-state index contributed by atoms with van der Waals surface area (Å²) in [7, 11) is 2.20. The van der Waals surface area contributed by atoms with Crippen molar-refractivity contribution in [1.29, 1.82) is 0 Å². The van der Waals surface area contributed by atoms with Gasteiger partial charge < -0.3 is 14.4 Å². The molecule has 1 aliphatic heterocycles. The second kappa shape index (κ2) is 7.67. The molecule has 0 radical (unpaired) electrons. The van der Waals surface area contributed by atoms with Gasteiger partial charge in [-0.3, -0.25) is 14.5 Å². The lowest BCUT2D eigenvalue weighted by molar-refractivity contribution is -0.120. The second-order valence-electron chi connectivity index (χ2n) is 7.12. The molecule has 0 fully saturated rings. The maximum Gasteiger partial charge on any atom is 0.301 e. The molecule has 0 spiro atoms. The standard InChI is InChI=1S/C20H21N5O5S/c1-24(2)31(27,28)23-16-8-13(9-22-20(16)29-4)12-5-6-15-14(7-12)19-17(10-21-15)25(3)18(26)11-30-19/h5-10,23H,11H2,1-4H3. The lowest BCUT2D eigenvalue weighted by Gasteiger charge is -2.26. The Morgan fingerprint density at radius 3 is 2.65 bits per heavy atom. The predicted octanol–water partition coefficient (Wildman–Crippen LogP) is 1.88. The average molecular weight is 443 g/mol. The first-order valence-corrected chi connectivity index (χ1v) is 10.7. The molecule has 0 atom stereocenters. The van der Waals surface area contributed by atoms with Crippen molar-refractivity contribution in [1.82, 2.24) is 14.3 Å². The van der Waals surface area contributed by atoms with Crippen LogP contribution in [0.5, 0.6) is 11.6 Å². The average Bonchev–Trinajstić information content (AvgIpc) is 2.75. The molecular formula is C20H21N5O5S. The first-order chi connectivity index (χ1) is 14.7. The minimum absolute atomic E-state index is 0.0482. The van der Waals surface area contributed by atoms with E-state index in [1.54, 1.807) is 25.5 Å². The molecule has 1 aromatic carbocycles. The maximum absolute atomic E-state index is 12.3. The van der Waals surface area contributed by atoms with Crippen LogP contribution >= 0.6 is 0 Å². The maximum atomic E-state index is 12.3. The van der Waals surface area contributed by atoms with Crippen LogP contribution in [0.25, 0.3) is 22.0 Å². The van der Waals surface area contributed by atoms with E-state index in [9.17, 15) is 13.2 Å². The lowest BCUT2D eigenvalue weighted by atomic mass is 10.0. The topological polar surface area (TPSA) is 114 Å². The van der Waals surface area contributed by atoms with Gasteiger partial charge in [-0.15, -0.1) is 0 Å². The van der Waals surface area contributed by atoms with Gasteiger partial charge in [0.2, 0.25) is 5.88 Å². The largest absolute Gasteiger partial charge is 0.481 e. The van der Waals surface area contributed by atoms with Gasteiger partial charge in [0.05, 0.1) is 18.8 Å². The number of rotatable bonds is 5. The smallest absolute Gasteiger partial charge is 0.301 e. The predicted molar refractivity (Wildman–Crippen MR) is 117 cm³/mol. The van der Waals surface area contributed by atoms with E-state index in [4.69, 9.17) is 9.47 Å². The molecule has 10 nitrogen and oxygen atoms in total. The first kappa shape index (κ1) is 20.8. The molecule has 0 saturated heterocycles. The van der Waals surface area contributed by atoms with Crippen LogP contribution in [0.4, 0.5) is 11.4 Å². The molecule has 162 valence electrons. The number of methoxy groups -OCH3 is 1. The Bertz CT molecular complexity index is 1290. The lowest BCUT2D eigenvalue weighted by Crippen LogP contribution is -2.35. The van der Waals surface area contributed by atoms with E-state index in [1.165, 1.54) is 26.1 Å². The van der Waals surface area contributed by atoms with Gasteiger partial charge in [0.15, 0.2) is 12.4 Å². The zero-order chi connectivity index (χ0) is 22.3. The summed E-state index contributed by atoms with van der Waals surface area (Å²) < 4.78 is 39.0. The molecule has 1 N–H and O–H groups in total. The monoisotopic (exact) mass is 443 g/mol. The molecule has 31 heavy (non-hydrogen) atoms. The molecule has 0 bridgehead atoms. The highest BCUT2D eigenvalue weighted by atomic mass is 32.2. The van der Waals surface area contributed by atoms with Crippen molar-refractivity contribution < 1.29 is 22.7 Å². The summed E-state index contributed by atoms with van der Waals surface area (Å²) >= 11 is 0. The van der Waals surface area contributed by atoms with Gasteiger partial charge in [-0.2, -0.15) is 12.7 Å². The van der Waals surface area contributed by atoms with E-state index in [0.717, 1.165) is 15.3 Å². The summed E-state index contributed by atoms with van der Waals surface area (Å²) in [5.74, 6) is 0.573. The van der Waals surface area contributed by atoms with Crippen LogP contribution in [0.1, 0.15) is 0 Å². The minimum Gasteiger partial charge on any atom is -0.481 e. The molecular weight excluding hydrogens is 422 g/mol. The molecule has 0 unspecified atom stereocenters. The van der Waals surface area contributed by atoms with Gasteiger partial charge in [-0.25, -0.2) is 4.98 Å². The number of nitrogens with zero attached hydrogens (tertiary/aromatic N) is 4. The fourth-order valence-corrected chi connectivity index (χ4v) is 3.78. The van der Waals surface area contributed by atoms with Crippen molar-refractivity contribution in [2.45, 2.75) is 0 Å². The number of hydrogen-bond acceptors (Lipinski definition) is 7. The first-order valence-electron chi connectivity index (χ1n) is 9.28. The Labute approximate surface area is 179 Å². The van der Waals surface area contributed by atoms with Gasteiger partial charge in [0.25, 0.3) is 5.91 Å². The van der Waals surface area contributed by atoms with Crippen molar-refractivity contribution in [3.8, 4) is 22.8 Å². The molecule has 3 heterocycles. The van der Waals surface area contributed by atoms with Crippen LogP contribution in [-0.2, 0) is 15.0 Å². The van der Waals surface area contributed by atoms with E-state index in [-0.39, 0.29) is 24.1 Å². The number of aromatic nitrogens is 2. The van der Waals surface area contributed by atoms with E-state index in [0.29, 0.717) is 22.5 Å². The Morgan fingerprint density at radius 1 is 1.16 bits per heavy atom. The highest BCUT2D eigenvalue weighted by molar-refractivity contribution is 7.90. The quantitative estimate of drug-likeness (QED) is 0.640. The van der Waals surface area contributed by atoms with Crippen molar-refractivity contribution in [2.24, 2.45) is 0 Å². The molecule has 1 amide bonds. The zero-order valence-corrected chi connectivity index (χ0v) is 18.2. The summed E-state index contributed by atoms with van der Waals surface area (Å²) in [6.45, 7) is -0.0482. The molecule has 1 aliphatic rings. The number of nitrogens with one attached hydrogen (secondary N) is 1. The van der Waals surface area contributed by atoms with Crippen LogP contribution in [0.2, 0.25) is 0 Å². The number of fused-ring (bicyclic) bond motifs is 3. The fourth-order valence-electron chi connectivity index (χ4n) is 3.17. The molecule has 2 aromatic heterocycles. The molecule has 3 aromatic rings. The summed E-state index contributed by atoms with van der Waals surface area (Å²) in [6.07, 6.45) is 3.20. The van der Waals surface area contributed by atoms with Gasteiger partial charge in [0, 0.05) is 38.3 Å². The van der Waals surface area contributed by atoms with E-state index in [2.05, 4.69) is 14.7 Å². The molecule has 4 rings (SSSR count). The number of carbonyl (C=O) groups is 1. The van der Waals surface area contributed by atoms with Crippen molar-refractivity contribution in [3.63, 3.8) is 0 Å². The van der Waals surface area contributed by atoms with Crippen LogP contribution in [-0.4, -0.2) is 63.5 Å².